The first-order valence-corrected chi connectivity index (χ1v) is 3.81. The maximum atomic E-state index is 11.2. The van der Waals surface area contributed by atoms with Crippen molar-refractivity contribution < 1.29 is 9.21 Å². The number of ketones is 1. The van der Waals surface area contributed by atoms with Gasteiger partial charge in [0.25, 0.3) is 0 Å². The van der Waals surface area contributed by atoms with Crippen molar-refractivity contribution in [2.75, 3.05) is 0 Å². The van der Waals surface area contributed by atoms with Crippen LogP contribution in [-0.2, 0) is 4.79 Å². The van der Waals surface area contributed by atoms with Gasteiger partial charge in [-0.3, -0.25) is 4.79 Å². The van der Waals surface area contributed by atoms with E-state index >= 15 is 0 Å². The molecule has 0 aliphatic carbocycles. The van der Waals surface area contributed by atoms with E-state index in [1.165, 1.54) is 0 Å². The molecular formula is C9H12O2. The van der Waals surface area contributed by atoms with Crippen LogP contribution < -0.4 is 0 Å². The van der Waals surface area contributed by atoms with Crippen molar-refractivity contribution in [3.05, 3.63) is 24.2 Å². The molecule has 0 aliphatic heterocycles. The Morgan fingerprint density at radius 1 is 1.73 bits per heavy atom. The van der Waals surface area contributed by atoms with Crippen molar-refractivity contribution in [2.45, 2.75) is 26.2 Å². The van der Waals surface area contributed by atoms with Crippen LogP contribution in [0.3, 0.4) is 0 Å². The zero-order valence-corrected chi connectivity index (χ0v) is 6.83. The minimum Gasteiger partial charge on any atom is -0.469 e. The fourth-order valence-corrected chi connectivity index (χ4v) is 1.00. The van der Waals surface area contributed by atoms with Gasteiger partial charge in [-0.15, -0.1) is 0 Å². The van der Waals surface area contributed by atoms with Gasteiger partial charge in [-0.25, -0.2) is 0 Å². The molecule has 1 unspecified atom stereocenters. The first kappa shape index (κ1) is 8.05. The van der Waals surface area contributed by atoms with Crippen molar-refractivity contribution >= 4 is 5.78 Å². The van der Waals surface area contributed by atoms with Gasteiger partial charge < -0.3 is 4.42 Å². The van der Waals surface area contributed by atoms with Crippen LogP contribution >= 0.6 is 0 Å². The molecule has 0 radical (unpaired) electrons. The number of carbonyl (C=O) groups excluding carboxylic acids is 1. The quantitative estimate of drug-likeness (QED) is 0.665. The Kier molecular flexibility index (Phi) is 2.47. The Bertz CT molecular complexity index is 224. The molecule has 1 aromatic heterocycles. The van der Waals surface area contributed by atoms with Crippen molar-refractivity contribution in [1.29, 1.82) is 0 Å². The van der Waals surface area contributed by atoms with E-state index < -0.39 is 0 Å². The second-order valence-corrected chi connectivity index (χ2v) is 2.56. The Balaban J connectivity index is 2.70. The lowest BCUT2D eigenvalue weighted by molar-refractivity contribution is -0.120. The van der Waals surface area contributed by atoms with Gasteiger partial charge in [0.05, 0.1) is 12.2 Å². The number of hydrogen-bond donors (Lipinski definition) is 0. The van der Waals surface area contributed by atoms with E-state index in [-0.39, 0.29) is 11.7 Å². The Morgan fingerprint density at radius 2 is 2.45 bits per heavy atom. The van der Waals surface area contributed by atoms with Gasteiger partial charge in [0.15, 0.2) is 0 Å². The molecule has 0 aromatic carbocycles. The van der Waals surface area contributed by atoms with Crippen LogP contribution in [0.2, 0.25) is 0 Å². The summed E-state index contributed by atoms with van der Waals surface area (Å²) in [5, 5.41) is 0. The molecule has 0 saturated carbocycles. The molecule has 11 heavy (non-hydrogen) atoms. The molecule has 0 N–H and O–H groups in total. The van der Waals surface area contributed by atoms with Crippen LogP contribution in [0, 0.1) is 0 Å². The largest absolute Gasteiger partial charge is 0.469 e. The van der Waals surface area contributed by atoms with E-state index in [9.17, 15) is 4.79 Å². The summed E-state index contributed by atoms with van der Waals surface area (Å²) in [5.41, 5.74) is 0. The maximum Gasteiger partial charge on any atom is 0.142 e. The van der Waals surface area contributed by atoms with Gasteiger partial charge in [-0.05, 0) is 19.1 Å². The third-order valence-corrected chi connectivity index (χ3v) is 1.80. The molecule has 2 heteroatoms. The van der Waals surface area contributed by atoms with E-state index in [1.54, 1.807) is 12.3 Å². The molecule has 0 bridgehead atoms. The molecular weight excluding hydrogens is 140 g/mol. The zero-order valence-electron chi connectivity index (χ0n) is 6.83. The van der Waals surface area contributed by atoms with Gasteiger partial charge in [0.2, 0.25) is 0 Å². The molecule has 60 valence electrons. The smallest absolute Gasteiger partial charge is 0.142 e. The van der Waals surface area contributed by atoms with Crippen molar-refractivity contribution in [1.82, 2.24) is 0 Å². The highest BCUT2D eigenvalue weighted by molar-refractivity contribution is 5.84. The van der Waals surface area contributed by atoms with Crippen molar-refractivity contribution in [2.24, 2.45) is 0 Å². The highest BCUT2D eigenvalue weighted by Crippen LogP contribution is 2.17. The second kappa shape index (κ2) is 3.37. The minimum absolute atomic E-state index is 0.0880. The monoisotopic (exact) mass is 152 g/mol. The summed E-state index contributed by atoms with van der Waals surface area (Å²) in [4.78, 5) is 11.2. The third-order valence-electron chi connectivity index (χ3n) is 1.80. The fraction of sp³-hybridized carbons (Fsp3) is 0.444. The summed E-state index contributed by atoms with van der Waals surface area (Å²) in [7, 11) is 0. The summed E-state index contributed by atoms with van der Waals surface area (Å²) >= 11 is 0. The first-order valence-electron chi connectivity index (χ1n) is 3.81. The Morgan fingerprint density at radius 3 is 2.91 bits per heavy atom. The van der Waals surface area contributed by atoms with Crippen LogP contribution in [0.15, 0.2) is 22.8 Å². The highest BCUT2D eigenvalue weighted by Gasteiger charge is 2.14. The van der Waals surface area contributed by atoms with Crippen LogP contribution in [0.5, 0.6) is 0 Å². The van der Waals surface area contributed by atoms with E-state index in [4.69, 9.17) is 4.42 Å². The van der Waals surface area contributed by atoms with E-state index in [1.807, 2.05) is 19.9 Å². The highest BCUT2D eigenvalue weighted by atomic mass is 16.3. The van der Waals surface area contributed by atoms with E-state index in [0.29, 0.717) is 6.42 Å². The predicted molar refractivity (Wildman–Crippen MR) is 42.4 cm³/mol. The molecule has 0 spiro atoms. The maximum absolute atomic E-state index is 11.2. The minimum atomic E-state index is -0.0880. The molecule has 1 aromatic rings. The Labute approximate surface area is 66.2 Å². The number of Topliss-reactive ketones (excluding diaryl/α,β-unsaturated/α-hetero) is 1. The lowest BCUT2D eigenvalue weighted by atomic mass is 10.0. The van der Waals surface area contributed by atoms with Gasteiger partial charge in [-0.1, -0.05) is 6.92 Å². The molecule has 2 nitrogen and oxygen atoms in total. The summed E-state index contributed by atoms with van der Waals surface area (Å²) < 4.78 is 5.10. The van der Waals surface area contributed by atoms with Gasteiger partial charge in [-0.2, -0.15) is 0 Å². The number of furan rings is 1. The molecule has 0 fully saturated rings. The average molecular weight is 152 g/mol. The van der Waals surface area contributed by atoms with Crippen LogP contribution in [0.25, 0.3) is 0 Å². The molecule has 1 heterocycles. The Hall–Kier alpha value is -1.05. The first-order chi connectivity index (χ1) is 5.25. The zero-order chi connectivity index (χ0) is 8.27. The molecule has 0 amide bonds. The normalized spacial score (nSPS) is 12.9. The van der Waals surface area contributed by atoms with Crippen LogP contribution in [0.1, 0.15) is 31.9 Å². The summed E-state index contributed by atoms with van der Waals surface area (Å²) in [6.45, 7) is 3.73. The van der Waals surface area contributed by atoms with Gasteiger partial charge >= 0.3 is 0 Å². The van der Waals surface area contributed by atoms with E-state index in [2.05, 4.69) is 0 Å². The number of hydrogen-bond acceptors (Lipinski definition) is 2. The number of carbonyl (C=O) groups is 1. The van der Waals surface area contributed by atoms with E-state index in [0.717, 1.165) is 5.76 Å². The lowest BCUT2D eigenvalue weighted by Gasteiger charge is -2.03. The SMILES string of the molecule is CCC(=O)C(C)c1ccco1. The fourth-order valence-electron chi connectivity index (χ4n) is 1.00. The van der Waals surface area contributed by atoms with Crippen LogP contribution in [0.4, 0.5) is 0 Å². The summed E-state index contributed by atoms with van der Waals surface area (Å²) in [6.07, 6.45) is 2.16. The average Bonchev–Trinajstić information content (AvgIpc) is 2.53. The van der Waals surface area contributed by atoms with Gasteiger partial charge in [0.1, 0.15) is 11.5 Å². The molecule has 0 saturated heterocycles. The third kappa shape index (κ3) is 1.70. The second-order valence-electron chi connectivity index (χ2n) is 2.56. The number of rotatable bonds is 3. The lowest BCUT2D eigenvalue weighted by Crippen LogP contribution is -2.05. The molecule has 1 atom stereocenters. The summed E-state index contributed by atoms with van der Waals surface area (Å²) in [6, 6.07) is 3.63. The van der Waals surface area contributed by atoms with Crippen molar-refractivity contribution in [3.8, 4) is 0 Å². The molecule has 1 rings (SSSR count). The topological polar surface area (TPSA) is 30.2 Å². The molecule has 0 aliphatic rings. The van der Waals surface area contributed by atoms with Crippen LogP contribution in [-0.4, -0.2) is 5.78 Å². The summed E-state index contributed by atoms with van der Waals surface area (Å²) in [5.74, 6) is 0.895. The standard InChI is InChI=1S/C9H12O2/c1-3-8(10)7(2)9-5-4-6-11-9/h4-7H,3H2,1-2H3. The van der Waals surface area contributed by atoms with Gasteiger partial charge in [0, 0.05) is 6.42 Å². The van der Waals surface area contributed by atoms with Crippen molar-refractivity contribution in [3.63, 3.8) is 0 Å². The predicted octanol–water partition coefficient (Wildman–Crippen LogP) is 2.36.